The molecule has 19 heavy (non-hydrogen) atoms. The van der Waals surface area contributed by atoms with Gasteiger partial charge >= 0.3 is 0 Å². The molecule has 4 heteroatoms. The molecular weight excluding hydrogens is 307 g/mol. The van der Waals surface area contributed by atoms with Crippen LogP contribution in [0.1, 0.15) is 44.1 Å². The quantitative estimate of drug-likeness (QED) is 0.499. The summed E-state index contributed by atoms with van der Waals surface area (Å²) in [6.07, 6.45) is 8.25. The Morgan fingerprint density at radius 3 is 2.53 bits per heavy atom. The molecule has 106 valence electrons. The highest BCUT2D eigenvalue weighted by Gasteiger charge is 2.23. The van der Waals surface area contributed by atoms with Gasteiger partial charge in [-0.05, 0) is 42.9 Å². The van der Waals surface area contributed by atoms with Crippen molar-refractivity contribution in [2.45, 2.75) is 51.0 Å². The fourth-order valence-electron chi connectivity index (χ4n) is 3.00. The predicted octanol–water partition coefficient (Wildman–Crippen LogP) is 3.93. The molecule has 2 rings (SSSR count). The lowest BCUT2D eigenvalue weighted by molar-refractivity contribution is 0.318. The van der Waals surface area contributed by atoms with Crippen LogP contribution in [0.4, 0.5) is 4.39 Å². The first-order valence-corrected chi connectivity index (χ1v) is 7.90. The molecule has 0 bridgehead atoms. The zero-order valence-electron chi connectivity index (χ0n) is 11.2. The molecule has 1 atom stereocenters. The fourth-order valence-corrected chi connectivity index (χ4v) is 3.33. The molecule has 0 radical (unpaired) electrons. The third-order valence-electron chi connectivity index (χ3n) is 4.14. The first-order chi connectivity index (χ1) is 9.20. The highest BCUT2D eigenvalue weighted by atomic mass is 79.9. The Morgan fingerprint density at radius 2 is 1.95 bits per heavy atom. The van der Waals surface area contributed by atoms with Crippen LogP contribution in [0.25, 0.3) is 0 Å². The zero-order valence-corrected chi connectivity index (χ0v) is 12.8. The molecule has 0 amide bonds. The van der Waals surface area contributed by atoms with Gasteiger partial charge in [-0.15, -0.1) is 0 Å². The van der Waals surface area contributed by atoms with E-state index in [0.29, 0.717) is 12.3 Å². The van der Waals surface area contributed by atoms with Gasteiger partial charge in [0.15, 0.2) is 0 Å². The molecule has 1 aliphatic rings. The summed E-state index contributed by atoms with van der Waals surface area (Å²) in [5.41, 5.74) is 3.66. The molecule has 0 heterocycles. The molecule has 1 unspecified atom stereocenters. The van der Waals surface area contributed by atoms with E-state index in [1.54, 1.807) is 0 Å². The van der Waals surface area contributed by atoms with E-state index >= 15 is 0 Å². The number of halogens is 2. The summed E-state index contributed by atoms with van der Waals surface area (Å²) in [6, 6.07) is 5.43. The zero-order chi connectivity index (χ0) is 13.7. The van der Waals surface area contributed by atoms with Crippen molar-refractivity contribution in [3.05, 3.63) is 34.1 Å². The summed E-state index contributed by atoms with van der Waals surface area (Å²) in [6.45, 7) is 0. The van der Waals surface area contributed by atoms with Gasteiger partial charge in [-0.25, -0.2) is 4.39 Å². The van der Waals surface area contributed by atoms with Gasteiger partial charge in [0.05, 0.1) is 0 Å². The summed E-state index contributed by atoms with van der Waals surface area (Å²) >= 11 is 3.29. The van der Waals surface area contributed by atoms with Crippen molar-refractivity contribution in [2.24, 2.45) is 11.8 Å². The van der Waals surface area contributed by atoms with Gasteiger partial charge in [-0.3, -0.25) is 11.3 Å². The van der Waals surface area contributed by atoms with Crippen molar-refractivity contribution in [2.75, 3.05) is 0 Å². The van der Waals surface area contributed by atoms with Crippen LogP contribution in [0.15, 0.2) is 22.7 Å². The highest BCUT2D eigenvalue weighted by Crippen LogP contribution is 2.27. The van der Waals surface area contributed by atoms with Gasteiger partial charge in [0.25, 0.3) is 0 Å². The maximum atomic E-state index is 13.9. The minimum Gasteiger partial charge on any atom is -0.271 e. The lowest BCUT2D eigenvalue weighted by Gasteiger charge is -2.25. The van der Waals surface area contributed by atoms with E-state index < -0.39 is 0 Å². The molecule has 0 aliphatic heterocycles. The Hall–Kier alpha value is -0.450. The maximum absolute atomic E-state index is 13.9. The SMILES string of the molecule is NNC(Cc1ccc(Br)cc1F)C1CCCCCC1. The Bertz CT molecular complexity index is 403. The van der Waals surface area contributed by atoms with Gasteiger partial charge in [-0.2, -0.15) is 0 Å². The summed E-state index contributed by atoms with van der Waals surface area (Å²) < 4.78 is 14.7. The van der Waals surface area contributed by atoms with Crippen LogP contribution in [-0.4, -0.2) is 6.04 Å². The Kier molecular flexibility index (Phi) is 5.79. The lowest BCUT2D eigenvalue weighted by Crippen LogP contribution is -2.42. The highest BCUT2D eigenvalue weighted by molar-refractivity contribution is 9.10. The smallest absolute Gasteiger partial charge is 0.127 e. The van der Waals surface area contributed by atoms with Crippen molar-refractivity contribution in [3.8, 4) is 0 Å². The minimum atomic E-state index is -0.150. The average molecular weight is 329 g/mol. The average Bonchev–Trinajstić information content (AvgIpc) is 2.67. The van der Waals surface area contributed by atoms with E-state index in [0.717, 1.165) is 10.0 Å². The van der Waals surface area contributed by atoms with E-state index in [1.165, 1.54) is 44.6 Å². The number of benzene rings is 1. The summed E-state index contributed by atoms with van der Waals surface area (Å²) in [7, 11) is 0. The van der Waals surface area contributed by atoms with Crippen LogP contribution in [0, 0.1) is 11.7 Å². The van der Waals surface area contributed by atoms with Crippen molar-refractivity contribution < 1.29 is 4.39 Å². The van der Waals surface area contributed by atoms with Gasteiger partial charge in [0.2, 0.25) is 0 Å². The lowest BCUT2D eigenvalue weighted by atomic mass is 9.88. The van der Waals surface area contributed by atoms with E-state index in [-0.39, 0.29) is 11.9 Å². The van der Waals surface area contributed by atoms with Crippen LogP contribution >= 0.6 is 15.9 Å². The topological polar surface area (TPSA) is 38.0 Å². The number of nitrogens with two attached hydrogens (primary N) is 1. The van der Waals surface area contributed by atoms with Crippen molar-refractivity contribution in [3.63, 3.8) is 0 Å². The molecule has 2 nitrogen and oxygen atoms in total. The molecule has 0 spiro atoms. The third-order valence-corrected chi connectivity index (χ3v) is 4.63. The summed E-state index contributed by atoms with van der Waals surface area (Å²) in [5.74, 6) is 6.12. The first-order valence-electron chi connectivity index (χ1n) is 7.10. The molecular formula is C15H22BrFN2. The Labute approximate surface area is 123 Å². The number of hydrazine groups is 1. The van der Waals surface area contributed by atoms with Crippen molar-refractivity contribution >= 4 is 15.9 Å². The number of hydrogen-bond donors (Lipinski definition) is 2. The molecule has 1 aromatic rings. The Morgan fingerprint density at radius 1 is 1.26 bits per heavy atom. The molecule has 1 saturated carbocycles. The monoisotopic (exact) mass is 328 g/mol. The molecule has 1 aliphatic carbocycles. The normalized spacial score (nSPS) is 19.1. The fraction of sp³-hybridized carbons (Fsp3) is 0.600. The van der Waals surface area contributed by atoms with E-state index in [1.807, 2.05) is 12.1 Å². The molecule has 0 saturated heterocycles. The summed E-state index contributed by atoms with van der Waals surface area (Å²) in [5, 5.41) is 0. The molecule has 3 N–H and O–H groups in total. The van der Waals surface area contributed by atoms with Gasteiger partial charge in [0.1, 0.15) is 5.82 Å². The number of nitrogens with one attached hydrogen (secondary N) is 1. The second kappa shape index (κ2) is 7.36. The second-order valence-electron chi connectivity index (χ2n) is 5.46. The van der Waals surface area contributed by atoms with E-state index in [2.05, 4.69) is 21.4 Å². The summed E-state index contributed by atoms with van der Waals surface area (Å²) in [4.78, 5) is 0. The first kappa shape index (κ1) is 14.9. The van der Waals surface area contributed by atoms with Crippen LogP contribution in [0.2, 0.25) is 0 Å². The molecule has 1 fully saturated rings. The van der Waals surface area contributed by atoms with Crippen LogP contribution in [-0.2, 0) is 6.42 Å². The van der Waals surface area contributed by atoms with Crippen LogP contribution in [0.5, 0.6) is 0 Å². The predicted molar refractivity (Wildman–Crippen MR) is 80.1 cm³/mol. The number of hydrogen-bond acceptors (Lipinski definition) is 2. The third kappa shape index (κ3) is 4.26. The molecule has 1 aromatic carbocycles. The van der Waals surface area contributed by atoms with Crippen molar-refractivity contribution in [1.82, 2.24) is 5.43 Å². The molecule has 0 aromatic heterocycles. The second-order valence-corrected chi connectivity index (χ2v) is 6.38. The van der Waals surface area contributed by atoms with Gasteiger partial charge < -0.3 is 0 Å². The van der Waals surface area contributed by atoms with E-state index in [9.17, 15) is 4.39 Å². The minimum absolute atomic E-state index is 0.150. The van der Waals surface area contributed by atoms with Crippen LogP contribution < -0.4 is 11.3 Å². The van der Waals surface area contributed by atoms with E-state index in [4.69, 9.17) is 5.84 Å². The maximum Gasteiger partial charge on any atom is 0.127 e. The number of rotatable bonds is 4. The standard InChI is InChI=1S/C15H22BrFN2/c16-13-8-7-12(14(17)10-13)9-15(19-18)11-5-3-1-2-4-6-11/h7-8,10-11,15,19H,1-6,9,18H2. The largest absolute Gasteiger partial charge is 0.271 e. The van der Waals surface area contributed by atoms with Gasteiger partial charge in [-0.1, -0.05) is 47.7 Å². The van der Waals surface area contributed by atoms with Crippen molar-refractivity contribution in [1.29, 1.82) is 0 Å². The van der Waals surface area contributed by atoms with Gasteiger partial charge in [0, 0.05) is 10.5 Å². The Balaban J connectivity index is 2.04. The van der Waals surface area contributed by atoms with Crippen LogP contribution in [0.3, 0.4) is 0 Å².